The van der Waals surface area contributed by atoms with Crippen molar-refractivity contribution in [3.8, 4) is 0 Å². The molecular formula is C32H40N4O4. The molecule has 0 heterocycles. The lowest BCUT2D eigenvalue weighted by atomic mass is 9.62. The van der Waals surface area contributed by atoms with Crippen molar-refractivity contribution in [2.45, 2.75) is 58.3 Å². The molecule has 0 fully saturated rings. The lowest BCUT2D eigenvalue weighted by Gasteiger charge is -2.42. The number of nitrogens with zero attached hydrogens (tertiary/aromatic N) is 3. The van der Waals surface area contributed by atoms with E-state index in [1.54, 1.807) is 12.1 Å². The fraction of sp³-hybridized carbons (Fsp3) is 0.438. The van der Waals surface area contributed by atoms with E-state index in [0.29, 0.717) is 5.56 Å². The summed E-state index contributed by atoms with van der Waals surface area (Å²) in [5, 5.41) is 5.99. The van der Waals surface area contributed by atoms with Crippen molar-refractivity contribution in [3.63, 3.8) is 0 Å². The van der Waals surface area contributed by atoms with Crippen LogP contribution in [0.15, 0.2) is 60.2 Å². The molecule has 0 bridgehead atoms. The number of esters is 1. The number of aryl methyl sites for hydroxylation is 1. The fourth-order valence-electron chi connectivity index (χ4n) is 4.93. The molecule has 0 aliphatic heterocycles. The van der Waals surface area contributed by atoms with Crippen molar-refractivity contribution in [2.75, 3.05) is 32.9 Å². The van der Waals surface area contributed by atoms with Crippen LogP contribution in [0.5, 0.6) is 0 Å². The molecule has 0 radical (unpaired) electrons. The molecule has 8 heteroatoms. The Kier molecular flexibility index (Phi) is 9.96. The van der Waals surface area contributed by atoms with Gasteiger partial charge in [-0.1, -0.05) is 70.2 Å². The highest BCUT2D eigenvalue weighted by molar-refractivity contribution is 5.94. The fourth-order valence-corrected chi connectivity index (χ4v) is 4.93. The molecule has 0 atom stereocenters. The van der Waals surface area contributed by atoms with E-state index >= 15 is 0 Å². The van der Waals surface area contributed by atoms with Crippen molar-refractivity contribution < 1.29 is 19.1 Å². The van der Waals surface area contributed by atoms with Gasteiger partial charge in [0.1, 0.15) is 6.61 Å². The first kappa shape index (κ1) is 30.7. The lowest BCUT2D eigenvalue weighted by molar-refractivity contribution is -0.118. The van der Waals surface area contributed by atoms with Gasteiger partial charge >= 0.3 is 5.97 Å². The summed E-state index contributed by atoms with van der Waals surface area (Å²) in [5.74, 6) is -0.966. The number of hydrogen-bond acceptors (Lipinski definition) is 5. The predicted octanol–water partition coefficient (Wildman–Crippen LogP) is 6.56. The molecule has 0 unspecified atom stereocenters. The molecular weight excluding hydrogens is 504 g/mol. The Hall–Kier alpha value is -3.87. The second-order valence-corrected chi connectivity index (χ2v) is 11.5. The maximum atomic E-state index is 12.6. The standard InChI is InChI=1S/C32H40N4O4/c1-21-18-27-28(32(6,7)13-12-31(27,4)5)19-26(21)23(3)24-8-10-25(11-9-24)30(38)40-20-22(2)29(37)34-14-16-39-17-15-35-36-33/h8-11,18-19H,2-3,12-17,20H2,1,4-7H3,(H,34,37). The van der Waals surface area contributed by atoms with Gasteiger partial charge in [-0.25, -0.2) is 4.79 Å². The summed E-state index contributed by atoms with van der Waals surface area (Å²) in [7, 11) is 0. The number of carbonyl (C=O) groups excluding carboxylic acids is 2. The molecule has 0 saturated heterocycles. The van der Waals surface area contributed by atoms with Crippen LogP contribution in [0.4, 0.5) is 0 Å². The van der Waals surface area contributed by atoms with Gasteiger partial charge in [-0.3, -0.25) is 4.79 Å². The summed E-state index contributed by atoms with van der Waals surface area (Å²) >= 11 is 0. The van der Waals surface area contributed by atoms with E-state index < -0.39 is 11.9 Å². The van der Waals surface area contributed by atoms with E-state index in [2.05, 4.69) is 75.3 Å². The molecule has 2 aromatic rings. The van der Waals surface area contributed by atoms with E-state index in [-0.39, 0.29) is 49.3 Å². The number of hydrogen-bond donors (Lipinski definition) is 1. The lowest BCUT2D eigenvalue weighted by Crippen LogP contribution is -2.34. The summed E-state index contributed by atoms with van der Waals surface area (Å²) in [4.78, 5) is 27.4. The number of ether oxygens (including phenoxy) is 2. The van der Waals surface area contributed by atoms with Gasteiger partial charge in [0.05, 0.1) is 18.8 Å². The van der Waals surface area contributed by atoms with E-state index in [9.17, 15) is 9.59 Å². The van der Waals surface area contributed by atoms with Crippen LogP contribution in [-0.4, -0.2) is 44.8 Å². The van der Waals surface area contributed by atoms with E-state index in [1.165, 1.54) is 23.1 Å². The Morgan fingerprint density at radius 3 is 2.23 bits per heavy atom. The van der Waals surface area contributed by atoms with Crippen LogP contribution in [0.2, 0.25) is 0 Å². The van der Waals surface area contributed by atoms with Gasteiger partial charge in [0, 0.05) is 23.6 Å². The third-order valence-corrected chi connectivity index (χ3v) is 7.62. The first-order chi connectivity index (χ1) is 18.9. The topological polar surface area (TPSA) is 113 Å². The highest BCUT2D eigenvalue weighted by Gasteiger charge is 2.37. The Morgan fingerprint density at radius 2 is 1.60 bits per heavy atom. The number of amides is 1. The summed E-state index contributed by atoms with van der Waals surface area (Å²) in [6.07, 6.45) is 2.31. The van der Waals surface area contributed by atoms with Gasteiger partial charge in [0.25, 0.3) is 0 Å². The van der Waals surface area contributed by atoms with Crippen LogP contribution >= 0.6 is 0 Å². The average Bonchev–Trinajstić information content (AvgIpc) is 2.93. The van der Waals surface area contributed by atoms with Crippen LogP contribution in [0, 0.1) is 6.92 Å². The average molecular weight is 545 g/mol. The number of nitrogens with one attached hydrogen (secondary N) is 1. The molecule has 1 amide bonds. The highest BCUT2D eigenvalue weighted by Crippen LogP contribution is 2.47. The number of rotatable bonds is 12. The van der Waals surface area contributed by atoms with Crippen LogP contribution in [0.25, 0.3) is 16.0 Å². The zero-order valence-electron chi connectivity index (χ0n) is 24.3. The number of carbonyl (C=O) groups is 2. The molecule has 1 aliphatic rings. The number of benzene rings is 2. The molecule has 2 aromatic carbocycles. The van der Waals surface area contributed by atoms with Gasteiger partial charge in [-0.05, 0) is 81.6 Å². The van der Waals surface area contributed by atoms with Gasteiger partial charge in [-0.2, -0.15) is 0 Å². The monoisotopic (exact) mass is 544 g/mol. The number of azide groups is 1. The third-order valence-electron chi connectivity index (χ3n) is 7.62. The second-order valence-electron chi connectivity index (χ2n) is 11.5. The van der Waals surface area contributed by atoms with E-state index in [1.807, 2.05) is 12.1 Å². The number of fused-ring (bicyclic) bond motifs is 1. The zero-order valence-corrected chi connectivity index (χ0v) is 24.3. The minimum Gasteiger partial charge on any atom is -0.457 e. The first-order valence-electron chi connectivity index (χ1n) is 13.5. The molecule has 0 aromatic heterocycles. The Labute approximate surface area is 237 Å². The molecule has 0 saturated carbocycles. The maximum absolute atomic E-state index is 12.6. The Morgan fingerprint density at radius 1 is 1.00 bits per heavy atom. The van der Waals surface area contributed by atoms with Crippen LogP contribution in [0.3, 0.4) is 0 Å². The SMILES string of the molecule is C=C(COC(=O)c1ccc(C(=C)c2cc3c(cc2C)C(C)(C)CCC3(C)C)cc1)C(=O)NCCOCCN=[N+]=[N-]. The molecule has 1 aliphatic carbocycles. The molecule has 0 spiro atoms. The first-order valence-corrected chi connectivity index (χ1v) is 13.5. The molecule has 1 N–H and O–H groups in total. The molecule has 8 nitrogen and oxygen atoms in total. The van der Waals surface area contributed by atoms with Crippen molar-refractivity contribution in [2.24, 2.45) is 5.11 Å². The van der Waals surface area contributed by atoms with Gasteiger partial charge in [0.2, 0.25) is 5.91 Å². The third kappa shape index (κ3) is 7.40. The van der Waals surface area contributed by atoms with Crippen molar-refractivity contribution >= 4 is 17.4 Å². The molecule has 40 heavy (non-hydrogen) atoms. The quantitative estimate of drug-likeness (QED) is 0.0814. The van der Waals surface area contributed by atoms with E-state index in [0.717, 1.165) is 23.1 Å². The van der Waals surface area contributed by atoms with Crippen LogP contribution in [-0.2, 0) is 25.1 Å². The largest absolute Gasteiger partial charge is 0.457 e. The van der Waals surface area contributed by atoms with Crippen molar-refractivity contribution in [1.29, 1.82) is 0 Å². The van der Waals surface area contributed by atoms with Crippen LogP contribution < -0.4 is 5.32 Å². The smallest absolute Gasteiger partial charge is 0.338 e. The molecule has 3 rings (SSSR count). The molecule has 212 valence electrons. The highest BCUT2D eigenvalue weighted by atomic mass is 16.5. The summed E-state index contributed by atoms with van der Waals surface area (Å²) in [6, 6.07) is 11.8. The predicted molar refractivity (Wildman–Crippen MR) is 158 cm³/mol. The van der Waals surface area contributed by atoms with Gasteiger partial charge < -0.3 is 14.8 Å². The summed E-state index contributed by atoms with van der Waals surface area (Å²) < 4.78 is 10.5. The van der Waals surface area contributed by atoms with Gasteiger partial charge in [-0.15, -0.1) is 0 Å². The maximum Gasteiger partial charge on any atom is 0.338 e. The van der Waals surface area contributed by atoms with E-state index in [4.69, 9.17) is 15.0 Å². The van der Waals surface area contributed by atoms with Crippen molar-refractivity contribution in [3.05, 3.63) is 99.0 Å². The second kappa shape index (κ2) is 13.0. The normalized spacial score (nSPS) is 14.8. The minimum absolute atomic E-state index is 0.101. The Balaban J connectivity index is 1.58. The summed E-state index contributed by atoms with van der Waals surface area (Å²) in [5.41, 5.74) is 15.9. The Bertz CT molecular complexity index is 1340. The van der Waals surface area contributed by atoms with Crippen molar-refractivity contribution in [1.82, 2.24) is 5.32 Å². The van der Waals surface area contributed by atoms with Crippen LogP contribution in [0.1, 0.15) is 78.7 Å². The minimum atomic E-state index is -0.540. The zero-order chi connectivity index (χ0) is 29.5. The summed E-state index contributed by atoms with van der Waals surface area (Å²) in [6.45, 7) is 20.3. The van der Waals surface area contributed by atoms with Gasteiger partial charge in [0.15, 0.2) is 0 Å².